The number of carbonyl (C=O) groups excluding carboxylic acids is 1. The van der Waals surface area contributed by atoms with Crippen LogP contribution in [-0.4, -0.2) is 35.1 Å². The van der Waals surface area contributed by atoms with Crippen LogP contribution in [0.1, 0.15) is 53.0 Å². The van der Waals surface area contributed by atoms with Gasteiger partial charge in [0.2, 0.25) is 0 Å². The van der Waals surface area contributed by atoms with Crippen molar-refractivity contribution in [1.29, 1.82) is 0 Å². The summed E-state index contributed by atoms with van der Waals surface area (Å²) in [5.41, 5.74) is 3.03. The monoisotopic (exact) mass is 394 g/mol. The molecule has 1 aromatic heterocycles. The third kappa shape index (κ3) is 4.01. The van der Waals surface area contributed by atoms with E-state index in [9.17, 15) is 9.59 Å². The van der Waals surface area contributed by atoms with Crippen LogP contribution < -0.4 is 5.43 Å². The number of rotatable bonds is 7. The highest BCUT2D eigenvalue weighted by atomic mass is 16.5. The number of piperidine rings is 1. The molecule has 0 radical (unpaired) electrons. The van der Waals surface area contributed by atoms with E-state index in [0.717, 1.165) is 50.2 Å². The minimum Gasteiger partial charge on any atom is -0.378 e. The van der Waals surface area contributed by atoms with Gasteiger partial charge in [-0.1, -0.05) is 30.3 Å². The Morgan fingerprint density at radius 3 is 2.66 bits per heavy atom. The Morgan fingerprint density at radius 2 is 2.00 bits per heavy atom. The summed E-state index contributed by atoms with van der Waals surface area (Å²) in [7, 11) is 1.62. The Labute approximate surface area is 172 Å². The molecule has 29 heavy (non-hydrogen) atoms. The van der Waals surface area contributed by atoms with Crippen molar-refractivity contribution in [2.45, 2.75) is 58.2 Å². The van der Waals surface area contributed by atoms with Gasteiger partial charge in [0.25, 0.3) is 5.91 Å². The number of hydrogen-bond donors (Lipinski definition) is 0. The lowest BCUT2D eigenvalue weighted by molar-refractivity contribution is 0.0695. The number of pyridine rings is 1. The van der Waals surface area contributed by atoms with Crippen LogP contribution in [0.25, 0.3) is 0 Å². The van der Waals surface area contributed by atoms with Gasteiger partial charge in [-0.15, -0.1) is 0 Å². The Kier molecular flexibility index (Phi) is 5.86. The fourth-order valence-corrected chi connectivity index (χ4v) is 5.06. The van der Waals surface area contributed by atoms with Gasteiger partial charge in [0.1, 0.15) is 5.56 Å². The first-order valence-corrected chi connectivity index (χ1v) is 10.7. The van der Waals surface area contributed by atoms with Crippen molar-refractivity contribution in [1.82, 2.24) is 9.47 Å². The fraction of sp³-hybridized carbons (Fsp3) is 0.500. The number of hydrogen-bond acceptors (Lipinski definition) is 3. The number of nitrogens with zero attached hydrogens (tertiary/aromatic N) is 2. The van der Waals surface area contributed by atoms with Gasteiger partial charge in [-0.25, -0.2) is 0 Å². The lowest BCUT2D eigenvalue weighted by Gasteiger charge is -2.28. The summed E-state index contributed by atoms with van der Waals surface area (Å²) < 4.78 is 7.53. The maximum absolute atomic E-state index is 13.4. The summed E-state index contributed by atoms with van der Waals surface area (Å²) in [6, 6.07) is 12.3. The number of benzene rings is 1. The highest BCUT2D eigenvalue weighted by molar-refractivity contribution is 5.95. The molecule has 1 saturated carbocycles. The van der Waals surface area contributed by atoms with Gasteiger partial charge in [0, 0.05) is 38.0 Å². The summed E-state index contributed by atoms with van der Waals surface area (Å²) in [4.78, 5) is 28.2. The standard InChI is InChI=1S/C24H30N2O3/c1-17-13-22(27)23(24(28)26-15-19-10-11-20(26)14-19)21(16-29-2)25(17)12-6-9-18-7-4-3-5-8-18/h3-5,7-8,13,19-20H,6,9-12,14-16H2,1-2H3/t19-,20-/m0/s1. The molecule has 0 spiro atoms. The Bertz CT molecular complexity index is 935. The van der Waals surface area contributed by atoms with Crippen molar-refractivity contribution in [3.8, 4) is 0 Å². The zero-order valence-corrected chi connectivity index (χ0v) is 17.4. The molecule has 2 aromatic rings. The largest absolute Gasteiger partial charge is 0.378 e. The number of methoxy groups -OCH3 is 1. The van der Waals surface area contributed by atoms with E-state index in [2.05, 4.69) is 28.8 Å². The molecule has 1 amide bonds. The van der Waals surface area contributed by atoms with E-state index in [-0.39, 0.29) is 17.9 Å². The minimum absolute atomic E-state index is 0.106. The van der Waals surface area contributed by atoms with Gasteiger partial charge in [-0.05, 0) is 50.5 Å². The highest BCUT2D eigenvalue weighted by Crippen LogP contribution is 2.38. The van der Waals surface area contributed by atoms with Crippen LogP contribution in [0.5, 0.6) is 0 Å². The number of aryl methyl sites for hydroxylation is 2. The smallest absolute Gasteiger partial charge is 0.259 e. The maximum atomic E-state index is 13.4. The average Bonchev–Trinajstić information content (AvgIpc) is 3.34. The molecule has 1 aliphatic carbocycles. The molecule has 154 valence electrons. The van der Waals surface area contributed by atoms with E-state index in [0.29, 0.717) is 17.5 Å². The van der Waals surface area contributed by atoms with Crippen molar-refractivity contribution < 1.29 is 9.53 Å². The van der Waals surface area contributed by atoms with Crippen LogP contribution in [0, 0.1) is 12.8 Å². The highest BCUT2D eigenvalue weighted by Gasteiger charge is 2.41. The molecule has 0 N–H and O–H groups in total. The van der Waals surface area contributed by atoms with Gasteiger partial charge in [0.05, 0.1) is 12.3 Å². The third-order valence-electron chi connectivity index (χ3n) is 6.48. The first kappa shape index (κ1) is 19.9. The summed E-state index contributed by atoms with van der Waals surface area (Å²) in [5.74, 6) is 0.499. The topological polar surface area (TPSA) is 51.5 Å². The molecule has 5 heteroatoms. The van der Waals surface area contributed by atoms with E-state index in [1.807, 2.05) is 17.9 Å². The first-order valence-electron chi connectivity index (χ1n) is 10.7. The van der Waals surface area contributed by atoms with E-state index in [1.165, 1.54) is 12.0 Å². The Hall–Kier alpha value is -2.40. The molecule has 2 fully saturated rings. The molecule has 2 aliphatic rings. The van der Waals surface area contributed by atoms with Crippen LogP contribution in [0.3, 0.4) is 0 Å². The molecule has 2 atom stereocenters. The molecule has 0 unspecified atom stereocenters. The predicted molar refractivity (Wildman–Crippen MR) is 113 cm³/mol. The number of likely N-dealkylation sites (tertiary alicyclic amines) is 1. The van der Waals surface area contributed by atoms with Crippen LogP contribution in [-0.2, 0) is 24.3 Å². The number of aromatic nitrogens is 1. The van der Waals surface area contributed by atoms with E-state index in [4.69, 9.17) is 4.74 Å². The van der Waals surface area contributed by atoms with Gasteiger partial charge >= 0.3 is 0 Å². The second-order valence-corrected chi connectivity index (χ2v) is 8.44. The molecular weight excluding hydrogens is 364 g/mol. The van der Waals surface area contributed by atoms with E-state index >= 15 is 0 Å². The van der Waals surface area contributed by atoms with Crippen molar-refractivity contribution in [3.05, 3.63) is 69.1 Å². The molecule has 1 aromatic carbocycles. The Morgan fingerprint density at radius 1 is 1.21 bits per heavy atom. The zero-order chi connectivity index (χ0) is 20.4. The molecule has 1 saturated heterocycles. The minimum atomic E-state index is -0.179. The summed E-state index contributed by atoms with van der Waals surface area (Å²) in [6.07, 6.45) is 5.25. The van der Waals surface area contributed by atoms with Gasteiger partial charge < -0.3 is 14.2 Å². The van der Waals surface area contributed by atoms with Gasteiger partial charge in [-0.3, -0.25) is 9.59 Å². The predicted octanol–water partition coefficient (Wildman–Crippen LogP) is 3.56. The second-order valence-electron chi connectivity index (χ2n) is 8.44. The molecule has 1 aliphatic heterocycles. The lowest BCUT2D eigenvalue weighted by Crippen LogP contribution is -2.41. The lowest BCUT2D eigenvalue weighted by atomic mass is 10.1. The van der Waals surface area contributed by atoms with Gasteiger partial charge in [-0.2, -0.15) is 0 Å². The SMILES string of the molecule is COCc1c(C(=O)N2C[C@H]3CC[C@H]2C3)c(=O)cc(C)n1CCCc1ccccc1. The van der Waals surface area contributed by atoms with E-state index < -0.39 is 0 Å². The molecule has 5 nitrogen and oxygen atoms in total. The Balaban J connectivity index is 1.61. The van der Waals surface area contributed by atoms with Crippen LogP contribution in [0.2, 0.25) is 0 Å². The van der Waals surface area contributed by atoms with Crippen LogP contribution in [0.15, 0.2) is 41.2 Å². The number of ether oxygens (including phenoxy) is 1. The third-order valence-corrected chi connectivity index (χ3v) is 6.48. The first-order chi connectivity index (χ1) is 14.1. The summed E-state index contributed by atoms with van der Waals surface area (Å²) >= 11 is 0. The zero-order valence-electron chi connectivity index (χ0n) is 17.4. The summed E-state index contributed by atoms with van der Waals surface area (Å²) in [5, 5.41) is 0. The van der Waals surface area contributed by atoms with E-state index in [1.54, 1.807) is 13.2 Å². The van der Waals surface area contributed by atoms with Crippen molar-refractivity contribution in [3.63, 3.8) is 0 Å². The number of amides is 1. The van der Waals surface area contributed by atoms with Crippen LogP contribution in [0.4, 0.5) is 0 Å². The van der Waals surface area contributed by atoms with Crippen molar-refractivity contribution in [2.75, 3.05) is 13.7 Å². The van der Waals surface area contributed by atoms with Crippen molar-refractivity contribution >= 4 is 5.91 Å². The van der Waals surface area contributed by atoms with Crippen molar-refractivity contribution in [2.24, 2.45) is 5.92 Å². The fourth-order valence-electron chi connectivity index (χ4n) is 5.06. The second kappa shape index (κ2) is 8.54. The number of fused-ring (bicyclic) bond motifs is 2. The normalized spacial score (nSPS) is 20.4. The maximum Gasteiger partial charge on any atom is 0.259 e. The number of carbonyl (C=O) groups is 1. The molecule has 4 rings (SSSR count). The molecule has 2 bridgehead atoms. The van der Waals surface area contributed by atoms with Gasteiger partial charge in [0.15, 0.2) is 5.43 Å². The average molecular weight is 395 g/mol. The van der Waals surface area contributed by atoms with Crippen LogP contribution >= 0.6 is 0 Å². The quantitative estimate of drug-likeness (QED) is 0.722. The molecule has 2 heterocycles. The summed E-state index contributed by atoms with van der Waals surface area (Å²) in [6.45, 7) is 3.75. The molecular formula is C24H30N2O3.